The van der Waals surface area contributed by atoms with E-state index in [1.165, 1.54) is 13.3 Å². The van der Waals surface area contributed by atoms with Crippen LogP contribution in [0, 0.1) is 5.92 Å². The van der Waals surface area contributed by atoms with E-state index in [1.807, 2.05) is 9.47 Å². The van der Waals surface area contributed by atoms with Gasteiger partial charge in [0.15, 0.2) is 5.75 Å². The second-order valence-electron chi connectivity index (χ2n) is 7.43. The fourth-order valence-electron chi connectivity index (χ4n) is 3.99. The molecule has 0 amide bonds. The highest BCUT2D eigenvalue weighted by Gasteiger charge is 2.31. The molecule has 2 fully saturated rings. The van der Waals surface area contributed by atoms with Crippen molar-refractivity contribution in [3.63, 3.8) is 0 Å². The van der Waals surface area contributed by atoms with Crippen LogP contribution in [0.15, 0.2) is 23.1 Å². The van der Waals surface area contributed by atoms with Gasteiger partial charge in [0.25, 0.3) is 0 Å². The first-order chi connectivity index (χ1) is 14.1. The van der Waals surface area contributed by atoms with Gasteiger partial charge in [0.1, 0.15) is 5.56 Å². The predicted molar refractivity (Wildman–Crippen MR) is 104 cm³/mol. The van der Waals surface area contributed by atoms with Crippen LogP contribution < -0.4 is 20.8 Å². The number of nitrogens with two attached hydrogens (primary N) is 1. The molecule has 0 spiro atoms. The van der Waals surface area contributed by atoms with Crippen molar-refractivity contribution in [2.45, 2.75) is 38.2 Å². The third-order valence-corrected chi connectivity index (χ3v) is 5.32. The van der Waals surface area contributed by atoms with Crippen LogP contribution in [0.3, 0.4) is 0 Å². The van der Waals surface area contributed by atoms with Gasteiger partial charge >= 0.3 is 5.97 Å². The number of ether oxygens (including phenoxy) is 1. The lowest BCUT2D eigenvalue weighted by molar-refractivity contribution is 0.0695. The van der Waals surface area contributed by atoms with Crippen LogP contribution in [-0.4, -0.2) is 41.9 Å². The maximum Gasteiger partial charge on any atom is 0.341 e. The van der Waals surface area contributed by atoms with Gasteiger partial charge in [-0.2, -0.15) is 0 Å². The highest BCUT2D eigenvalue weighted by Crippen LogP contribution is 2.43. The van der Waals surface area contributed by atoms with Gasteiger partial charge in [0.2, 0.25) is 5.43 Å². The van der Waals surface area contributed by atoms with Gasteiger partial charge in [-0.05, 0) is 37.3 Å². The minimum absolute atomic E-state index is 0.106. The van der Waals surface area contributed by atoms with Crippen LogP contribution >= 0.6 is 0 Å². The maximum atomic E-state index is 12.8. The molecule has 144 valence electrons. The predicted octanol–water partition coefficient (Wildman–Crippen LogP) is 2.22. The molecule has 0 radical (unpaired) electrons. The molecule has 2 atom stereocenters. The number of rotatable bonds is 4. The Morgan fingerprint density at radius 1 is 1.37 bits per heavy atom. The quantitative estimate of drug-likeness (QED) is 0.795. The Hall–Kier alpha value is -2.54. The zero-order chi connectivity index (χ0) is 21.8. The molecule has 2 aromatic rings. The molecule has 7 heteroatoms. The Morgan fingerprint density at radius 2 is 2.15 bits per heavy atom. The van der Waals surface area contributed by atoms with Crippen molar-refractivity contribution in [2.75, 3.05) is 25.1 Å². The summed E-state index contributed by atoms with van der Waals surface area (Å²) in [5.74, 6) is -1.39. The summed E-state index contributed by atoms with van der Waals surface area (Å²) in [5, 5.41) is 9.73. The van der Waals surface area contributed by atoms with E-state index < -0.39 is 24.2 Å². The molecule has 1 saturated heterocycles. The second-order valence-corrected chi connectivity index (χ2v) is 7.43. The van der Waals surface area contributed by atoms with Gasteiger partial charge in [0, 0.05) is 35.5 Å². The molecule has 4 rings (SSSR count). The molecule has 2 aliphatic rings. The summed E-state index contributed by atoms with van der Waals surface area (Å²) >= 11 is 0. The second kappa shape index (κ2) is 6.56. The van der Waals surface area contributed by atoms with Crippen LogP contribution in [0.25, 0.3) is 10.9 Å². The van der Waals surface area contributed by atoms with Crippen molar-refractivity contribution >= 4 is 22.6 Å². The first-order valence-electron chi connectivity index (χ1n) is 10.6. The van der Waals surface area contributed by atoms with E-state index in [2.05, 4.69) is 0 Å². The highest BCUT2D eigenvalue weighted by molar-refractivity contribution is 5.97. The third kappa shape index (κ3) is 3.06. The number of fused-ring (bicyclic) bond motifs is 1. The molecule has 1 saturated carbocycles. The zero-order valence-electron chi connectivity index (χ0n) is 18.1. The minimum atomic E-state index is -2.12. The Kier molecular flexibility index (Phi) is 3.53. The Labute approximate surface area is 161 Å². The fourth-order valence-corrected chi connectivity index (χ4v) is 3.99. The van der Waals surface area contributed by atoms with Crippen molar-refractivity contribution in [1.29, 1.82) is 0 Å². The van der Waals surface area contributed by atoms with Gasteiger partial charge < -0.3 is 25.0 Å². The van der Waals surface area contributed by atoms with Crippen molar-refractivity contribution < 1.29 is 18.8 Å². The van der Waals surface area contributed by atoms with E-state index in [9.17, 15) is 14.7 Å². The summed E-state index contributed by atoms with van der Waals surface area (Å²) in [6.07, 6.45) is 3.59. The number of nitrogens with zero attached hydrogens (tertiary/aromatic N) is 2. The molecule has 2 heterocycles. The lowest BCUT2D eigenvalue weighted by Crippen LogP contribution is -2.46. The molecule has 1 aliphatic carbocycles. The SMILES string of the molecule is [2H][13C]([2H])([2H])[C@H]1C[C@H](N)CN(c2ccc3c(=O)c(C(=O)O)cn(C4CC4)c3c2OC)C1. The first-order valence-corrected chi connectivity index (χ1v) is 9.11. The number of benzene rings is 1. The van der Waals surface area contributed by atoms with Crippen LogP contribution in [0.1, 0.15) is 46.6 Å². The average molecular weight is 375 g/mol. The molecule has 0 unspecified atom stereocenters. The molecule has 1 aliphatic heterocycles. The first kappa shape index (κ1) is 14.5. The van der Waals surface area contributed by atoms with Crippen molar-refractivity contribution in [1.82, 2.24) is 4.57 Å². The van der Waals surface area contributed by atoms with E-state index in [0.29, 0.717) is 36.5 Å². The summed E-state index contributed by atoms with van der Waals surface area (Å²) in [6, 6.07) is 3.10. The number of carboxylic acid groups (broad SMARTS) is 1. The smallest absolute Gasteiger partial charge is 0.341 e. The molecule has 7 nitrogen and oxygen atoms in total. The van der Waals surface area contributed by atoms with Crippen molar-refractivity contribution in [3.05, 3.63) is 34.1 Å². The van der Waals surface area contributed by atoms with Crippen LogP contribution in [-0.2, 0) is 0 Å². The van der Waals surface area contributed by atoms with Crippen LogP contribution in [0.2, 0.25) is 0 Å². The number of hydrogen-bond donors (Lipinski definition) is 2. The molecule has 0 bridgehead atoms. The molecule has 1 aromatic carbocycles. The number of piperidine rings is 1. The summed E-state index contributed by atoms with van der Waals surface area (Å²) < 4.78 is 30.9. The highest BCUT2D eigenvalue weighted by atomic mass is 16.5. The van der Waals surface area contributed by atoms with Crippen LogP contribution in [0.5, 0.6) is 5.75 Å². The number of aromatic nitrogens is 1. The summed E-state index contributed by atoms with van der Waals surface area (Å²) in [5.41, 5.74) is 6.53. The molecule has 27 heavy (non-hydrogen) atoms. The van der Waals surface area contributed by atoms with Gasteiger partial charge in [-0.25, -0.2) is 4.79 Å². The van der Waals surface area contributed by atoms with E-state index in [4.69, 9.17) is 14.6 Å². The largest absolute Gasteiger partial charge is 0.492 e. The molecule has 3 N–H and O–H groups in total. The number of hydrogen-bond acceptors (Lipinski definition) is 5. The monoisotopic (exact) mass is 375 g/mol. The van der Waals surface area contributed by atoms with E-state index >= 15 is 0 Å². The van der Waals surface area contributed by atoms with E-state index in [-0.39, 0.29) is 23.0 Å². The van der Waals surface area contributed by atoms with Gasteiger partial charge in [0.05, 0.1) is 23.7 Å². The lowest BCUT2D eigenvalue weighted by Gasteiger charge is -2.37. The van der Waals surface area contributed by atoms with Gasteiger partial charge in [-0.1, -0.05) is 6.85 Å². The molecule has 1 aromatic heterocycles. The van der Waals surface area contributed by atoms with E-state index in [1.54, 1.807) is 12.1 Å². The lowest BCUT2D eigenvalue weighted by atomic mass is 9.99. The topological polar surface area (TPSA) is 97.8 Å². The molecular formula is C20H25N3O4. The summed E-state index contributed by atoms with van der Waals surface area (Å²) in [7, 11) is 1.50. The third-order valence-electron chi connectivity index (χ3n) is 5.32. The number of methoxy groups -OCH3 is 1. The summed E-state index contributed by atoms with van der Waals surface area (Å²) in [6.45, 7) is -1.35. The standard InChI is InChI=1S/C20H25N3O4/c1-11-7-12(21)9-22(8-11)16-6-5-14-17(19(16)27-2)23(13-3-4-13)10-15(18(14)24)20(25)26/h5-6,10-13H,3-4,7-9,21H2,1-2H3,(H,25,26)/t11-,12-/m0/s1/i1+1D3. The zero-order valence-corrected chi connectivity index (χ0v) is 15.1. The van der Waals surface area contributed by atoms with Gasteiger partial charge in [-0.15, -0.1) is 0 Å². The fraction of sp³-hybridized carbons (Fsp3) is 0.500. The van der Waals surface area contributed by atoms with E-state index in [0.717, 1.165) is 12.8 Å². The number of anilines is 1. The Balaban J connectivity index is 1.90. The Bertz CT molecular complexity index is 1060. The van der Waals surface area contributed by atoms with Crippen molar-refractivity contribution in [3.8, 4) is 5.75 Å². The van der Waals surface area contributed by atoms with Crippen LogP contribution in [0.4, 0.5) is 5.69 Å². The number of aromatic carboxylic acids is 1. The number of pyridine rings is 1. The van der Waals surface area contributed by atoms with Crippen molar-refractivity contribution in [2.24, 2.45) is 11.7 Å². The number of carbonyl (C=O) groups is 1. The normalized spacial score (nSPS) is 25.0. The Morgan fingerprint density at radius 3 is 2.78 bits per heavy atom. The average Bonchev–Trinajstić information content (AvgIpc) is 3.51. The maximum absolute atomic E-state index is 12.8. The van der Waals surface area contributed by atoms with Gasteiger partial charge in [-0.3, -0.25) is 4.79 Å². The summed E-state index contributed by atoms with van der Waals surface area (Å²) in [4.78, 5) is 26.3. The molecular weight excluding hydrogens is 347 g/mol. The minimum Gasteiger partial charge on any atom is -0.492 e. The number of carboxylic acids is 1.